The molecule has 154 valence electrons. The van der Waals surface area contributed by atoms with E-state index < -0.39 is 0 Å². The first-order valence-electron chi connectivity index (χ1n) is 9.61. The molecule has 6 nitrogen and oxygen atoms in total. The van der Waals surface area contributed by atoms with Crippen LogP contribution in [0.5, 0.6) is 11.5 Å². The third-order valence-electron chi connectivity index (χ3n) is 4.94. The molecule has 0 atom stereocenters. The average Bonchev–Trinajstić information content (AvgIpc) is 3.33. The summed E-state index contributed by atoms with van der Waals surface area (Å²) in [6.45, 7) is 3.24. The molecule has 0 fully saturated rings. The van der Waals surface area contributed by atoms with E-state index in [0.29, 0.717) is 30.3 Å². The standard InChI is InChI=1S/C23H23N3O3S/c1-15-3-5-16(6-4-15)19-14-30-23(25-19)21-20(27)13-26(22(21)24)11-12-29-18-9-7-17(28-2)8-10-18/h3-10,14,24,27H,11-13H2,1-2H3. The first kappa shape index (κ1) is 20.0. The lowest BCUT2D eigenvalue weighted by atomic mass is 10.1. The van der Waals surface area contributed by atoms with E-state index in [9.17, 15) is 5.11 Å². The summed E-state index contributed by atoms with van der Waals surface area (Å²) < 4.78 is 10.9. The van der Waals surface area contributed by atoms with Gasteiger partial charge in [0, 0.05) is 10.9 Å². The van der Waals surface area contributed by atoms with Crippen molar-refractivity contribution in [3.63, 3.8) is 0 Å². The number of aromatic nitrogens is 1. The number of aryl methyl sites for hydroxylation is 1. The predicted octanol–water partition coefficient (Wildman–Crippen LogP) is 4.77. The van der Waals surface area contributed by atoms with Crippen molar-refractivity contribution in [1.82, 2.24) is 9.88 Å². The van der Waals surface area contributed by atoms with Crippen molar-refractivity contribution in [3.05, 3.63) is 70.2 Å². The molecule has 0 radical (unpaired) electrons. The summed E-state index contributed by atoms with van der Waals surface area (Å²) in [5, 5.41) is 21.6. The Morgan fingerprint density at radius 3 is 2.50 bits per heavy atom. The number of thiazole rings is 1. The fourth-order valence-corrected chi connectivity index (χ4v) is 4.14. The topological polar surface area (TPSA) is 78.7 Å². The van der Waals surface area contributed by atoms with Crippen molar-refractivity contribution >= 4 is 22.7 Å². The molecule has 0 saturated carbocycles. The SMILES string of the molecule is COc1ccc(OCCN2CC(O)=C(c3nc(-c4ccc(C)cc4)cs3)C2=N)cc1. The number of aliphatic hydroxyl groups excluding tert-OH is 1. The molecule has 1 aliphatic heterocycles. The lowest BCUT2D eigenvalue weighted by molar-refractivity contribution is 0.265. The Labute approximate surface area is 179 Å². The van der Waals surface area contributed by atoms with Gasteiger partial charge in [-0.05, 0) is 31.2 Å². The smallest absolute Gasteiger partial charge is 0.135 e. The molecule has 1 aromatic heterocycles. The van der Waals surface area contributed by atoms with Crippen molar-refractivity contribution < 1.29 is 14.6 Å². The molecule has 0 saturated heterocycles. The molecule has 4 rings (SSSR count). The first-order chi connectivity index (χ1) is 14.5. The van der Waals surface area contributed by atoms with E-state index in [1.54, 1.807) is 12.0 Å². The lowest BCUT2D eigenvalue weighted by Crippen LogP contribution is -2.31. The van der Waals surface area contributed by atoms with E-state index in [0.717, 1.165) is 22.8 Å². The second kappa shape index (κ2) is 8.59. The van der Waals surface area contributed by atoms with Crippen LogP contribution in [0.25, 0.3) is 16.8 Å². The lowest BCUT2D eigenvalue weighted by Gasteiger charge is -2.18. The van der Waals surface area contributed by atoms with Crippen LogP contribution in [0.4, 0.5) is 0 Å². The third kappa shape index (κ3) is 4.16. The largest absolute Gasteiger partial charge is 0.510 e. The number of ether oxygens (including phenoxy) is 2. The van der Waals surface area contributed by atoms with Gasteiger partial charge in [-0.3, -0.25) is 5.41 Å². The average molecular weight is 422 g/mol. The van der Waals surface area contributed by atoms with Gasteiger partial charge in [0.2, 0.25) is 0 Å². The summed E-state index contributed by atoms with van der Waals surface area (Å²) in [7, 11) is 1.62. The van der Waals surface area contributed by atoms with Crippen LogP contribution in [-0.4, -0.2) is 47.6 Å². The monoisotopic (exact) mass is 421 g/mol. The van der Waals surface area contributed by atoms with Crippen molar-refractivity contribution in [2.24, 2.45) is 0 Å². The predicted molar refractivity (Wildman–Crippen MR) is 120 cm³/mol. The minimum Gasteiger partial charge on any atom is -0.510 e. The number of rotatable bonds is 7. The summed E-state index contributed by atoms with van der Waals surface area (Å²) in [4.78, 5) is 6.45. The first-order valence-corrected chi connectivity index (χ1v) is 10.5. The molecular weight excluding hydrogens is 398 g/mol. The summed E-state index contributed by atoms with van der Waals surface area (Å²) >= 11 is 1.44. The molecule has 0 bridgehead atoms. The number of aliphatic hydroxyl groups is 1. The molecule has 1 aliphatic rings. The number of nitrogens with one attached hydrogen (secondary N) is 1. The van der Waals surface area contributed by atoms with Crippen molar-refractivity contribution in [2.75, 3.05) is 26.8 Å². The van der Waals surface area contributed by atoms with Gasteiger partial charge < -0.3 is 19.5 Å². The summed E-state index contributed by atoms with van der Waals surface area (Å²) in [6, 6.07) is 15.5. The van der Waals surface area contributed by atoms with Crippen LogP contribution in [0.3, 0.4) is 0 Å². The number of nitrogens with zero attached hydrogens (tertiary/aromatic N) is 2. The van der Waals surface area contributed by atoms with Gasteiger partial charge in [-0.1, -0.05) is 29.8 Å². The fraction of sp³-hybridized carbons (Fsp3) is 0.217. The van der Waals surface area contributed by atoms with E-state index in [-0.39, 0.29) is 11.6 Å². The Hall–Kier alpha value is -3.32. The zero-order valence-electron chi connectivity index (χ0n) is 16.9. The molecule has 0 aliphatic carbocycles. The minimum absolute atomic E-state index is 0.175. The number of benzene rings is 2. The zero-order valence-corrected chi connectivity index (χ0v) is 17.7. The quantitative estimate of drug-likeness (QED) is 0.575. The van der Waals surface area contributed by atoms with Crippen molar-refractivity contribution in [3.8, 4) is 22.8 Å². The van der Waals surface area contributed by atoms with E-state index in [1.807, 2.05) is 60.8 Å². The Balaban J connectivity index is 1.39. The molecule has 2 heterocycles. The normalized spacial score (nSPS) is 13.8. The van der Waals surface area contributed by atoms with Gasteiger partial charge in [0.15, 0.2) is 0 Å². The summed E-state index contributed by atoms with van der Waals surface area (Å²) in [5.41, 5.74) is 3.57. The van der Waals surface area contributed by atoms with Gasteiger partial charge in [-0.25, -0.2) is 4.98 Å². The minimum atomic E-state index is 0.175. The van der Waals surface area contributed by atoms with Crippen LogP contribution < -0.4 is 9.47 Å². The second-order valence-corrected chi connectivity index (χ2v) is 7.88. The van der Waals surface area contributed by atoms with Crippen LogP contribution in [0.1, 0.15) is 10.6 Å². The van der Waals surface area contributed by atoms with E-state index in [4.69, 9.17) is 14.9 Å². The highest BCUT2D eigenvalue weighted by molar-refractivity contribution is 7.11. The number of hydrogen-bond donors (Lipinski definition) is 2. The maximum atomic E-state index is 10.5. The highest BCUT2D eigenvalue weighted by Gasteiger charge is 2.30. The molecule has 7 heteroatoms. The highest BCUT2D eigenvalue weighted by Crippen LogP contribution is 2.32. The highest BCUT2D eigenvalue weighted by atomic mass is 32.1. The Kier molecular flexibility index (Phi) is 5.72. The molecule has 0 amide bonds. The van der Waals surface area contributed by atoms with E-state index in [2.05, 4.69) is 4.98 Å². The maximum absolute atomic E-state index is 10.5. The number of hydrogen-bond acceptors (Lipinski definition) is 6. The third-order valence-corrected chi connectivity index (χ3v) is 5.80. The Bertz CT molecular complexity index is 1070. The molecular formula is C23H23N3O3S. The van der Waals surface area contributed by atoms with E-state index in [1.165, 1.54) is 16.9 Å². The molecule has 0 unspecified atom stereocenters. The van der Waals surface area contributed by atoms with Gasteiger partial charge in [-0.15, -0.1) is 11.3 Å². The van der Waals surface area contributed by atoms with Gasteiger partial charge in [0.05, 0.1) is 31.5 Å². The van der Waals surface area contributed by atoms with Crippen molar-refractivity contribution in [1.29, 1.82) is 5.41 Å². The van der Waals surface area contributed by atoms with Gasteiger partial charge in [-0.2, -0.15) is 0 Å². The Morgan fingerprint density at radius 2 is 1.80 bits per heavy atom. The molecule has 0 spiro atoms. The van der Waals surface area contributed by atoms with Crippen LogP contribution >= 0.6 is 11.3 Å². The summed E-state index contributed by atoms with van der Waals surface area (Å²) in [6.07, 6.45) is 0. The molecule has 2 aromatic carbocycles. The van der Waals surface area contributed by atoms with Gasteiger partial charge >= 0.3 is 0 Å². The maximum Gasteiger partial charge on any atom is 0.135 e. The fourth-order valence-electron chi connectivity index (χ4n) is 3.24. The number of amidine groups is 1. The Morgan fingerprint density at radius 1 is 1.10 bits per heavy atom. The number of methoxy groups -OCH3 is 1. The van der Waals surface area contributed by atoms with Crippen molar-refractivity contribution in [2.45, 2.75) is 6.92 Å². The van der Waals surface area contributed by atoms with Gasteiger partial charge in [0.25, 0.3) is 0 Å². The van der Waals surface area contributed by atoms with Gasteiger partial charge in [0.1, 0.15) is 34.7 Å². The van der Waals surface area contributed by atoms with Crippen LogP contribution in [0.15, 0.2) is 59.7 Å². The van der Waals surface area contributed by atoms with E-state index >= 15 is 0 Å². The molecule has 30 heavy (non-hydrogen) atoms. The van der Waals surface area contributed by atoms with Crippen LogP contribution in [0, 0.1) is 12.3 Å². The molecule has 2 N–H and O–H groups in total. The van der Waals surface area contributed by atoms with Crippen LogP contribution in [-0.2, 0) is 0 Å². The summed E-state index contributed by atoms with van der Waals surface area (Å²) in [5.74, 6) is 1.96. The second-order valence-electron chi connectivity index (χ2n) is 7.02. The molecule has 3 aromatic rings. The zero-order chi connectivity index (χ0) is 21.1. The van der Waals surface area contributed by atoms with Crippen LogP contribution in [0.2, 0.25) is 0 Å².